The zero-order valence-electron chi connectivity index (χ0n) is 14.8. The van der Waals surface area contributed by atoms with E-state index >= 15 is 0 Å². The van der Waals surface area contributed by atoms with Gasteiger partial charge in [-0.3, -0.25) is 9.98 Å². The minimum absolute atomic E-state index is 0.0687. The van der Waals surface area contributed by atoms with E-state index in [4.69, 9.17) is 0 Å². The van der Waals surface area contributed by atoms with Crippen LogP contribution in [0.25, 0.3) is 0 Å². The van der Waals surface area contributed by atoms with E-state index in [0.717, 1.165) is 16.7 Å². The number of nitrogens with one attached hydrogen (secondary N) is 3. The quantitative estimate of drug-likeness (QED) is 0.327. The zero-order valence-corrected chi connectivity index (χ0v) is 16.5. The van der Waals surface area contributed by atoms with Crippen molar-refractivity contribution < 1.29 is 21.6 Å². The molecule has 0 fully saturated rings. The highest BCUT2D eigenvalue weighted by Gasteiger charge is 2.33. The molecule has 2 aromatic heterocycles. The normalized spacial score (nSPS) is 12.8. The van der Waals surface area contributed by atoms with Crippen LogP contribution in [0, 0.1) is 0 Å². The number of hydrogen-bond acceptors (Lipinski definition) is 6. The lowest BCUT2D eigenvalue weighted by Crippen LogP contribution is -2.42. The van der Waals surface area contributed by atoms with Gasteiger partial charge in [0.2, 0.25) is 10.0 Å². The van der Waals surface area contributed by atoms with Crippen LogP contribution in [0.2, 0.25) is 0 Å². The van der Waals surface area contributed by atoms with E-state index in [0.29, 0.717) is 23.9 Å². The van der Waals surface area contributed by atoms with Gasteiger partial charge < -0.3 is 10.6 Å². The summed E-state index contributed by atoms with van der Waals surface area (Å²) in [6.45, 7) is 0.694. The summed E-state index contributed by atoms with van der Waals surface area (Å²) in [7, 11) is -2.11. The van der Waals surface area contributed by atoms with Crippen molar-refractivity contribution in [2.75, 3.05) is 26.7 Å². The summed E-state index contributed by atoms with van der Waals surface area (Å²) in [5.41, 5.74) is -0.893. The summed E-state index contributed by atoms with van der Waals surface area (Å²) in [6, 6.07) is 2.96. The molecule has 0 amide bonds. The SMILES string of the molecule is CN=C(NCCNS(=O)(=O)c1cccnc1)NCCc1nc(C(F)(F)F)cs1. The van der Waals surface area contributed by atoms with Crippen molar-refractivity contribution in [2.45, 2.75) is 17.5 Å². The first-order chi connectivity index (χ1) is 13.2. The summed E-state index contributed by atoms with van der Waals surface area (Å²) in [6.07, 6.45) is -1.41. The molecule has 0 spiro atoms. The number of sulfonamides is 1. The molecule has 0 aliphatic heterocycles. The Kier molecular flexibility index (Phi) is 7.71. The predicted octanol–water partition coefficient (Wildman–Crippen LogP) is 1.24. The second-order valence-electron chi connectivity index (χ2n) is 5.39. The van der Waals surface area contributed by atoms with E-state index in [2.05, 4.69) is 30.3 Å². The maximum atomic E-state index is 12.5. The largest absolute Gasteiger partial charge is 0.434 e. The molecule has 8 nitrogen and oxygen atoms in total. The molecule has 154 valence electrons. The molecule has 0 aromatic carbocycles. The first kappa shape index (κ1) is 22.0. The number of nitrogens with zero attached hydrogens (tertiary/aromatic N) is 3. The van der Waals surface area contributed by atoms with Gasteiger partial charge in [0.05, 0.1) is 5.01 Å². The molecule has 2 rings (SSSR count). The van der Waals surface area contributed by atoms with Crippen molar-refractivity contribution in [2.24, 2.45) is 4.99 Å². The van der Waals surface area contributed by atoms with Crippen LogP contribution in [0.4, 0.5) is 13.2 Å². The fourth-order valence-electron chi connectivity index (χ4n) is 2.02. The van der Waals surface area contributed by atoms with Gasteiger partial charge >= 0.3 is 6.18 Å². The molecule has 0 radical (unpaired) electrons. The van der Waals surface area contributed by atoms with Crippen molar-refractivity contribution in [3.05, 3.63) is 40.6 Å². The van der Waals surface area contributed by atoms with Crippen LogP contribution in [0.15, 0.2) is 39.8 Å². The molecule has 28 heavy (non-hydrogen) atoms. The summed E-state index contributed by atoms with van der Waals surface area (Å²) < 4.78 is 64.1. The van der Waals surface area contributed by atoms with Gasteiger partial charge in [-0.25, -0.2) is 18.1 Å². The number of guanidine groups is 1. The smallest absolute Gasteiger partial charge is 0.356 e. The Morgan fingerprint density at radius 2 is 2.00 bits per heavy atom. The standard InChI is InChI=1S/C15H19F3N6O2S2/c1-19-14(21-6-4-13-24-12(10-27-13)15(16,17)18)22-7-8-23-28(25,26)11-3-2-5-20-9-11/h2-3,5,9-10,23H,4,6-8H2,1H3,(H2,19,21,22). The van der Waals surface area contributed by atoms with E-state index in [1.807, 2.05) is 0 Å². The Hall–Kier alpha value is -2.25. The average molecular weight is 436 g/mol. The summed E-state index contributed by atoms with van der Waals surface area (Å²) >= 11 is 0.945. The van der Waals surface area contributed by atoms with E-state index in [-0.39, 0.29) is 18.0 Å². The highest BCUT2D eigenvalue weighted by Crippen LogP contribution is 2.29. The van der Waals surface area contributed by atoms with Crippen molar-refractivity contribution in [1.82, 2.24) is 25.3 Å². The average Bonchev–Trinajstić information content (AvgIpc) is 3.14. The number of hydrogen-bond donors (Lipinski definition) is 3. The molecule has 3 N–H and O–H groups in total. The Balaban J connectivity index is 1.71. The van der Waals surface area contributed by atoms with E-state index in [1.54, 1.807) is 0 Å². The first-order valence-electron chi connectivity index (χ1n) is 8.08. The van der Waals surface area contributed by atoms with Crippen LogP contribution in [-0.4, -0.2) is 51.0 Å². The molecule has 13 heteroatoms. The van der Waals surface area contributed by atoms with Crippen molar-refractivity contribution in [3.63, 3.8) is 0 Å². The summed E-state index contributed by atoms with van der Waals surface area (Å²) in [5.74, 6) is 0.396. The minimum Gasteiger partial charge on any atom is -0.356 e. The van der Waals surface area contributed by atoms with Crippen LogP contribution in [-0.2, 0) is 22.6 Å². The van der Waals surface area contributed by atoms with E-state index < -0.39 is 21.9 Å². The number of aromatic nitrogens is 2. The molecular weight excluding hydrogens is 417 g/mol. The molecule has 0 bridgehead atoms. The predicted molar refractivity (Wildman–Crippen MR) is 99.6 cm³/mol. The van der Waals surface area contributed by atoms with Crippen LogP contribution in [0.5, 0.6) is 0 Å². The lowest BCUT2D eigenvalue weighted by molar-refractivity contribution is -0.140. The molecule has 2 heterocycles. The fraction of sp³-hybridized carbons (Fsp3) is 0.400. The highest BCUT2D eigenvalue weighted by atomic mass is 32.2. The monoisotopic (exact) mass is 436 g/mol. The fourth-order valence-corrected chi connectivity index (χ4v) is 3.82. The molecule has 0 atom stereocenters. The van der Waals surface area contributed by atoms with Crippen LogP contribution in [0.3, 0.4) is 0 Å². The maximum absolute atomic E-state index is 12.5. The molecule has 0 aliphatic rings. The van der Waals surface area contributed by atoms with Crippen LogP contribution >= 0.6 is 11.3 Å². The van der Waals surface area contributed by atoms with Gasteiger partial charge in [-0.1, -0.05) is 0 Å². The number of halogens is 3. The van der Waals surface area contributed by atoms with Crippen molar-refractivity contribution in [3.8, 4) is 0 Å². The maximum Gasteiger partial charge on any atom is 0.434 e. The third-order valence-corrected chi connectivity index (χ3v) is 5.71. The highest BCUT2D eigenvalue weighted by molar-refractivity contribution is 7.89. The van der Waals surface area contributed by atoms with Gasteiger partial charge in [0.25, 0.3) is 0 Å². The number of alkyl halides is 3. The van der Waals surface area contributed by atoms with Gasteiger partial charge in [-0.2, -0.15) is 13.2 Å². The van der Waals surface area contributed by atoms with Gasteiger partial charge in [-0.15, -0.1) is 11.3 Å². The summed E-state index contributed by atoms with van der Waals surface area (Å²) in [5, 5.41) is 7.18. The second-order valence-corrected chi connectivity index (χ2v) is 8.10. The zero-order chi connectivity index (χ0) is 20.6. The summed E-state index contributed by atoms with van der Waals surface area (Å²) in [4.78, 5) is 11.3. The van der Waals surface area contributed by atoms with Gasteiger partial charge in [0.15, 0.2) is 11.7 Å². The number of aliphatic imine (C=N–C) groups is 1. The Morgan fingerprint density at radius 3 is 2.61 bits per heavy atom. The molecule has 0 unspecified atom stereocenters. The Labute approximate surface area is 164 Å². The molecule has 0 aliphatic carbocycles. The van der Waals surface area contributed by atoms with Crippen LogP contribution < -0.4 is 15.4 Å². The molecule has 0 saturated heterocycles. The minimum atomic E-state index is -4.44. The number of rotatable bonds is 8. The third kappa shape index (κ3) is 6.73. The van der Waals surface area contributed by atoms with Gasteiger partial charge in [0, 0.05) is 50.9 Å². The third-order valence-electron chi connectivity index (χ3n) is 3.35. The topological polar surface area (TPSA) is 108 Å². The molecular formula is C15H19F3N6O2S2. The number of thiazole rings is 1. The van der Waals surface area contributed by atoms with E-state index in [1.165, 1.54) is 31.6 Å². The molecule has 2 aromatic rings. The Morgan fingerprint density at radius 1 is 1.25 bits per heavy atom. The van der Waals surface area contributed by atoms with Crippen LogP contribution in [0.1, 0.15) is 10.7 Å². The lowest BCUT2D eigenvalue weighted by Gasteiger charge is -2.12. The van der Waals surface area contributed by atoms with E-state index in [9.17, 15) is 21.6 Å². The van der Waals surface area contributed by atoms with Gasteiger partial charge in [0.1, 0.15) is 4.90 Å². The Bertz CT molecular complexity index is 885. The number of pyridine rings is 1. The van der Waals surface area contributed by atoms with Crippen molar-refractivity contribution >= 4 is 27.3 Å². The lowest BCUT2D eigenvalue weighted by atomic mass is 10.4. The second kappa shape index (κ2) is 9.80. The molecule has 0 saturated carbocycles. The van der Waals surface area contributed by atoms with Gasteiger partial charge in [-0.05, 0) is 12.1 Å². The first-order valence-corrected chi connectivity index (χ1v) is 10.4. The van der Waals surface area contributed by atoms with Crippen molar-refractivity contribution in [1.29, 1.82) is 0 Å².